The van der Waals surface area contributed by atoms with Crippen LogP contribution in [0.4, 0.5) is 4.79 Å². The molecule has 5 heteroatoms. The van der Waals surface area contributed by atoms with E-state index in [1.54, 1.807) is 0 Å². The number of hydrogen-bond donors (Lipinski definition) is 2. The topological polar surface area (TPSA) is 55.8 Å². The van der Waals surface area contributed by atoms with Crippen molar-refractivity contribution < 1.29 is 9.90 Å². The number of hydrogen-bond acceptors (Lipinski definition) is 3. The lowest BCUT2D eigenvalue weighted by Crippen LogP contribution is -2.48. The normalized spacial score (nSPS) is 18.6. The number of aliphatic hydroxyl groups excluding tert-OH is 1. The molecule has 1 fully saturated rings. The van der Waals surface area contributed by atoms with Crippen molar-refractivity contribution in [2.24, 2.45) is 5.92 Å². The fraction of sp³-hybridized carbons (Fsp3) is 0.480. The maximum atomic E-state index is 12.5. The van der Waals surface area contributed by atoms with E-state index in [0.717, 1.165) is 51.9 Å². The molecule has 1 saturated heterocycles. The van der Waals surface area contributed by atoms with E-state index in [9.17, 15) is 9.90 Å². The molecule has 0 aliphatic carbocycles. The highest BCUT2D eigenvalue weighted by Gasteiger charge is 2.24. The van der Waals surface area contributed by atoms with Gasteiger partial charge in [-0.2, -0.15) is 0 Å². The number of fused-ring (bicyclic) bond motifs is 1. The van der Waals surface area contributed by atoms with Crippen LogP contribution >= 0.6 is 0 Å². The highest BCUT2D eigenvalue weighted by atomic mass is 16.3. The van der Waals surface area contributed by atoms with Gasteiger partial charge in [-0.25, -0.2) is 4.79 Å². The van der Waals surface area contributed by atoms with E-state index in [1.165, 1.54) is 16.7 Å². The first-order valence-corrected chi connectivity index (χ1v) is 11.2. The minimum Gasteiger partial charge on any atom is -0.390 e. The van der Waals surface area contributed by atoms with Crippen LogP contribution in [0.2, 0.25) is 0 Å². The van der Waals surface area contributed by atoms with Crippen molar-refractivity contribution >= 4 is 6.03 Å². The molecule has 2 N–H and O–H groups in total. The Morgan fingerprint density at radius 1 is 1.00 bits per heavy atom. The molecule has 2 aliphatic heterocycles. The zero-order chi connectivity index (χ0) is 20.8. The molecule has 1 unspecified atom stereocenters. The van der Waals surface area contributed by atoms with E-state index >= 15 is 0 Å². The van der Waals surface area contributed by atoms with E-state index in [4.69, 9.17) is 0 Å². The number of carbonyl (C=O) groups excluding carboxylic acids is 1. The first kappa shape index (κ1) is 20.9. The van der Waals surface area contributed by atoms with Crippen LogP contribution in [0.1, 0.15) is 29.5 Å². The third kappa shape index (κ3) is 5.61. The molecule has 1 atom stereocenters. The number of rotatable bonds is 6. The predicted molar refractivity (Wildman–Crippen MR) is 119 cm³/mol. The third-order valence-electron chi connectivity index (χ3n) is 6.44. The van der Waals surface area contributed by atoms with E-state index in [0.29, 0.717) is 19.0 Å². The maximum absolute atomic E-state index is 12.5. The Balaban J connectivity index is 1.15. The second kappa shape index (κ2) is 10.1. The Morgan fingerprint density at radius 2 is 1.70 bits per heavy atom. The van der Waals surface area contributed by atoms with Gasteiger partial charge >= 0.3 is 6.03 Å². The van der Waals surface area contributed by atoms with Gasteiger partial charge in [-0.3, -0.25) is 4.90 Å². The lowest BCUT2D eigenvalue weighted by atomic mass is 9.90. The summed E-state index contributed by atoms with van der Waals surface area (Å²) in [6.45, 7) is 4.31. The summed E-state index contributed by atoms with van der Waals surface area (Å²) in [4.78, 5) is 16.7. The summed E-state index contributed by atoms with van der Waals surface area (Å²) in [6, 6.07) is 19.1. The zero-order valence-corrected chi connectivity index (χ0v) is 17.7. The highest BCUT2D eigenvalue weighted by molar-refractivity contribution is 5.74. The van der Waals surface area contributed by atoms with Crippen LogP contribution in [0.15, 0.2) is 54.6 Å². The van der Waals surface area contributed by atoms with Crippen molar-refractivity contribution in [2.45, 2.75) is 38.3 Å². The molecular weight excluding hydrogens is 374 g/mol. The number of amides is 2. The SMILES string of the molecule is O=C(NCC(O)CN1CCc2ccccc2C1)N1CCC(Cc2ccccc2)CC1. The molecule has 2 aliphatic rings. The molecule has 0 bridgehead atoms. The van der Waals surface area contributed by atoms with Crippen LogP contribution in [0.25, 0.3) is 0 Å². The van der Waals surface area contributed by atoms with Crippen molar-refractivity contribution in [1.29, 1.82) is 0 Å². The van der Waals surface area contributed by atoms with Crippen LogP contribution in [0.3, 0.4) is 0 Å². The minimum atomic E-state index is -0.546. The van der Waals surface area contributed by atoms with Gasteiger partial charge in [-0.05, 0) is 48.3 Å². The first-order valence-electron chi connectivity index (χ1n) is 11.2. The standard InChI is InChI=1S/C25H33N3O2/c29-24(19-27-13-12-22-8-4-5-9-23(22)18-27)17-26-25(30)28-14-10-21(11-15-28)16-20-6-2-1-3-7-20/h1-9,21,24,29H,10-19H2,(H,26,30). The van der Waals surface area contributed by atoms with Gasteiger partial charge in [-0.1, -0.05) is 54.6 Å². The predicted octanol–water partition coefficient (Wildman–Crippen LogP) is 3.07. The maximum Gasteiger partial charge on any atom is 0.317 e. The summed E-state index contributed by atoms with van der Waals surface area (Å²) in [5, 5.41) is 13.4. The summed E-state index contributed by atoms with van der Waals surface area (Å²) in [6.07, 6.45) is 3.65. The van der Waals surface area contributed by atoms with Crippen LogP contribution in [0.5, 0.6) is 0 Å². The fourth-order valence-electron chi connectivity index (χ4n) is 4.68. The molecule has 2 heterocycles. The van der Waals surface area contributed by atoms with Gasteiger partial charge in [0.25, 0.3) is 0 Å². The average molecular weight is 408 g/mol. The number of nitrogens with one attached hydrogen (secondary N) is 1. The number of aliphatic hydroxyl groups is 1. The van der Waals surface area contributed by atoms with Crippen molar-refractivity contribution in [3.05, 3.63) is 71.3 Å². The monoisotopic (exact) mass is 407 g/mol. The smallest absolute Gasteiger partial charge is 0.317 e. The van der Waals surface area contributed by atoms with Gasteiger partial charge in [0.15, 0.2) is 0 Å². The third-order valence-corrected chi connectivity index (χ3v) is 6.44. The van der Waals surface area contributed by atoms with Crippen LogP contribution in [0, 0.1) is 5.92 Å². The number of likely N-dealkylation sites (tertiary alicyclic amines) is 1. The van der Waals surface area contributed by atoms with Crippen LogP contribution < -0.4 is 5.32 Å². The lowest BCUT2D eigenvalue weighted by molar-refractivity contribution is 0.102. The Bertz CT molecular complexity index is 818. The van der Waals surface area contributed by atoms with Crippen molar-refractivity contribution in [3.8, 4) is 0 Å². The molecule has 2 aromatic rings. The molecule has 2 aromatic carbocycles. The number of benzene rings is 2. The number of urea groups is 1. The van der Waals surface area contributed by atoms with Crippen LogP contribution in [-0.4, -0.2) is 59.8 Å². The molecule has 0 saturated carbocycles. The Kier molecular flexibility index (Phi) is 7.03. The Labute approximate surface area is 179 Å². The molecule has 0 aromatic heterocycles. The highest BCUT2D eigenvalue weighted by Crippen LogP contribution is 2.22. The molecule has 2 amide bonds. The van der Waals surface area contributed by atoms with E-state index < -0.39 is 6.10 Å². The number of carbonyl (C=O) groups is 1. The molecule has 0 radical (unpaired) electrons. The van der Waals surface area contributed by atoms with Gasteiger partial charge in [0.1, 0.15) is 0 Å². The van der Waals surface area contributed by atoms with Gasteiger partial charge in [0, 0.05) is 39.3 Å². The second-order valence-corrected chi connectivity index (χ2v) is 8.71. The molecule has 0 spiro atoms. The molecule has 30 heavy (non-hydrogen) atoms. The van der Waals surface area contributed by atoms with Gasteiger partial charge < -0.3 is 15.3 Å². The van der Waals surface area contributed by atoms with Crippen molar-refractivity contribution in [3.63, 3.8) is 0 Å². The first-order chi connectivity index (χ1) is 14.7. The van der Waals surface area contributed by atoms with Crippen LogP contribution in [-0.2, 0) is 19.4 Å². The largest absolute Gasteiger partial charge is 0.390 e. The van der Waals surface area contributed by atoms with Crippen molar-refractivity contribution in [2.75, 3.05) is 32.7 Å². The van der Waals surface area contributed by atoms with Crippen molar-refractivity contribution in [1.82, 2.24) is 15.1 Å². The van der Waals surface area contributed by atoms with E-state index in [-0.39, 0.29) is 6.03 Å². The van der Waals surface area contributed by atoms with E-state index in [1.807, 2.05) is 4.90 Å². The summed E-state index contributed by atoms with van der Waals surface area (Å²) in [5.41, 5.74) is 4.13. The summed E-state index contributed by atoms with van der Waals surface area (Å²) < 4.78 is 0. The molecule has 4 rings (SSSR count). The lowest BCUT2D eigenvalue weighted by Gasteiger charge is -2.33. The zero-order valence-electron chi connectivity index (χ0n) is 17.7. The second-order valence-electron chi connectivity index (χ2n) is 8.71. The molecule has 5 nitrogen and oxygen atoms in total. The molecule has 160 valence electrons. The molecular formula is C25H33N3O2. The number of piperidine rings is 1. The summed E-state index contributed by atoms with van der Waals surface area (Å²) in [5.74, 6) is 0.643. The number of β-amino-alcohol motifs (C(OH)–C–C–N with tert-alkyl or cyclic N) is 1. The quantitative estimate of drug-likeness (QED) is 0.774. The van der Waals surface area contributed by atoms with Gasteiger partial charge in [0.2, 0.25) is 0 Å². The fourth-order valence-corrected chi connectivity index (χ4v) is 4.68. The van der Waals surface area contributed by atoms with Gasteiger partial charge in [-0.15, -0.1) is 0 Å². The van der Waals surface area contributed by atoms with E-state index in [2.05, 4.69) is 64.8 Å². The Hall–Kier alpha value is -2.37. The average Bonchev–Trinajstić information content (AvgIpc) is 2.78. The minimum absolute atomic E-state index is 0.0452. The number of nitrogens with zero attached hydrogens (tertiary/aromatic N) is 2. The summed E-state index contributed by atoms with van der Waals surface area (Å²) >= 11 is 0. The Morgan fingerprint density at radius 3 is 2.47 bits per heavy atom. The van der Waals surface area contributed by atoms with Gasteiger partial charge in [0.05, 0.1) is 6.10 Å². The summed E-state index contributed by atoms with van der Waals surface area (Å²) in [7, 11) is 0.